The first-order valence-corrected chi connectivity index (χ1v) is 8.05. The van der Waals surface area contributed by atoms with Gasteiger partial charge in [-0.1, -0.05) is 39.0 Å². The summed E-state index contributed by atoms with van der Waals surface area (Å²) in [7, 11) is 0. The molecule has 0 aromatic rings. The number of rotatable bonds is 9. The highest BCUT2D eigenvalue weighted by atomic mass is 32.1. The standard InChI is InChI=1S/C14H28O5S/c1-2-3-4-5-6-7-8-18-14-13(20)12(17)11(16)10(9-15)19-14/h10-17,20H,2-9H2,1H3/t10-,11-,12+,13-,14?/m1/s1. The van der Waals surface area contributed by atoms with Crippen molar-refractivity contribution in [2.75, 3.05) is 13.2 Å². The Morgan fingerprint density at radius 3 is 2.35 bits per heavy atom. The molecule has 1 heterocycles. The van der Waals surface area contributed by atoms with Crippen molar-refractivity contribution in [3.63, 3.8) is 0 Å². The maximum Gasteiger partial charge on any atom is 0.172 e. The van der Waals surface area contributed by atoms with Gasteiger partial charge in [-0.15, -0.1) is 0 Å². The van der Waals surface area contributed by atoms with Gasteiger partial charge in [-0.2, -0.15) is 12.6 Å². The number of hydrogen-bond donors (Lipinski definition) is 4. The van der Waals surface area contributed by atoms with Gasteiger partial charge in [0.05, 0.1) is 18.0 Å². The van der Waals surface area contributed by atoms with Gasteiger partial charge < -0.3 is 24.8 Å². The average molecular weight is 308 g/mol. The number of ether oxygens (including phenoxy) is 2. The minimum absolute atomic E-state index is 0.352. The van der Waals surface area contributed by atoms with Crippen LogP contribution < -0.4 is 0 Å². The first-order chi connectivity index (χ1) is 9.61. The van der Waals surface area contributed by atoms with E-state index in [9.17, 15) is 10.2 Å². The van der Waals surface area contributed by atoms with Gasteiger partial charge in [0.15, 0.2) is 6.29 Å². The van der Waals surface area contributed by atoms with E-state index in [0.717, 1.165) is 12.8 Å². The van der Waals surface area contributed by atoms with Crippen molar-refractivity contribution in [1.82, 2.24) is 0 Å². The molecule has 20 heavy (non-hydrogen) atoms. The molecule has 0 spiro atoms. The molecule has 3 N–H and O–H groups in total. The Balaban J connectivity index is 2.21. The van der Waals surface area contributed by atoms with Gasteiger partial charge in [-0.25, -0.2) is 0 Å². The van der Waals surface area contributed by atoms with Crippen molar-refractivity contribution in [1.29, 1.82) is 0 Å². The molecule has 0 amide bonds. The van der Waals surface area contributed by atoms with Crippen LogP contribution in [-0.2, 0) is 9.47 Å². The van der Waals surface area contributed by atoms with Crippen molar-refractivity contribution < 1.29 is 24.8 Å². The van der Waals surface area contributed by atoms with E-state index < -0.39 is 29.9 Å². The lowest BCUT2D eigenvalue weighted by molar-refractivity contribution is -0.252. The highest BCUT2D eigenvalue weighted by molar-refractivity contribution is 7.81. The molecule has 5 atom stereocenters. The summed E-state index contributed by atoms with van der Waals surface area (Å²) < 4.78 is 11.0. The topological polar surface area (TPSA) is 79.2 Å². The molecule has 0 aromatic carbocycles. The fourth-order valence-electron chi connectivity index (χ4n) is 2.29. The van der Waals surface area contributed by atoms with Crippen LogP contribution in [0.25, 0.3) is 0 Å². The second-order valence-electron chi connectivity index (χ2n) is 5.34. The molecule has 0 aromatic heterocycles. The second-order valence-corrected chi connectivity index (χ2v) is 5.93. The van der Waals surface area contributed by atoms with E-state index in [0.29, 0.717) is 6.61 Å². The van der Waals surface area contributed by atoms with Crippen LogP contribution in [0.1, 0.15) is 45.4 Å². The third kappa shape index (κ3) is 5.50. The maximum absolute atomic E-state index is 9.82. The smallest absolute Gasteiger partial charge is 0.172 e. The molecule has 1 fully saturated rings. The Bertz CT molecular complexity index is 252. The van der Waals surface area contributed by atoms with Crippen molar-refractivity contribution in [2.45, 2.75) is 75.3 Å². The number of aliphatic hydroxyl groups excluding tert-OH is 3. The van der Waals surface area contributed by atoms with E-state index >= 15 is 0 Å². The van der Waals surface area contributed by atoms with E-state index in [1.807, 2.05) is 0 Å². The van der Waals surface area contributed by atoms with Gasteiger partial charge >= 0.3 is 0 Å². The molecule has 0 radical (unpaired) electrons. The molecule has 1 unspecified atom stereocenters. The Kier molecular flexibility index (Phi) is 9.08. The molecule has 1 saturated heterocycles. The lowest BCUT2D eigenvalue weighted by Gasteiger charge is -2.40. The van der Waals surface area contributed by atoms with Crippen molar-refractivity contribution >= 4 is 12.6 Å². The summed E-state index contributed by atoms with van der Waals surface area (Å²) in [5.74, 6) is 0. The Labute approximate surface area is 126 Å². The lowest BCUT2D eigenvalue weighted by atomic mass is 10.0. The van der Waals surface area contributed by atoms with Crippen molar-refractivity contribution in [3.05, 3.63) is 0 Å². The summed E-state index contributed by atoms with van der Waals surface area (Å²) in [6, 6.07) is 0. The molecule has 0 bridgehead atoms. The largest absolute Gasteiger partial charge is 0.394 e. The van der Waals surface area contributed by atoms with Gasteiger partial charge in [0.25, 0.3) is 0 Å². The fraction of sp³-hybridized carbons (Fsp3) is 1.00. The quantitative estimate of drug-likeness (QED) is 0.379. The number of hydrogen-bond acceptors (Lipinski definition) is 6. The van der Waals surface area contributed by atoms with Crippen LogP contribution in [0.5, 0.6) is 0 Å². The molecule has 5 nitrogen and oxygen atoms in total. The van der Waals surface area contributed by atoms with E-state index in [4.69, 9.17) is 14.6 Å². The summed E-state index contributed by atoms with van der Waals surface area (Å²) in [5, 5.41) is 28.0. The van der Waals surface area contributed by atoms with Crippen LogP contribution in [0, 0.1) is 0 Å². The fourth-order valence-corrected chi connectivity index (χ4v) is 2.62. The molecule has 0 aliphatic carbocycles. The summed E-state index contributed by atoms with van der Waals surface area (Å²) in [4.78, 5) is 0. The summed E-state index contributed by atoms with van der Waals surface area (Å²) in [6.07, 6.45) is 3.31. The summed E-state index contributed by atoms with van der Waals surface area (Å²) in [6.45, 7) is 2.37. The van der Waals surface area contributed by atoms with Crippen LogP contribution in [-0.4, -0.2) is 58.4 Å². The molecule has 6 heteroatoms. The van der Waals surface area contributed by atoms with Gasteiger partial charge in [-0.3, -0.25) is 0 Å². The highest BCUT2D eigenvalue weighted by Crippen LogP contribution is 2.25. The molecule has 1 aliphatic heterocycles. The van der Waals surface area contributed by atoms with E-state index in [1.165, 1.54) is 25.7 Å². The minimum atomic E-state index is -1.13. The van der Waals surface area contributed by atoms with Crippen molar-refractivity contribution in [3.8, 4) is 0 Å². The second kappa shape index (κ2) is 9.97. The van der Waals surface area contributed by atoms with E-state index in [-0.39, 0.29) is 6.61 Å². The summed E-state index contributed by atoms with van der Waals surface area (Å²) >= 11 is 4.22. The van der Waals surface area contributed by atoms with Crippen LogP contribution in [0.15, 0.2) is 0 Å². The molecular formula is C14H28O5S. The molecule has 120 valence electrons. The number of unbranched alkanes of at least 4 members (excludes halogenated alkanes) is 5. The first kappa shape index (κ1) is 18.2. The Hall–Kier alpha value is 0.150. The maximum atomic E-state index is 9.82. The molecule has 1 rings (SSSR count). The van der Waals surface area contributed by atoms with Crippen LogP contribution in [0.2, 0.25) is 0 Å². The van der Waals surface area contributed by atoms with Gasteiger partial charge in [0.2, 0.25) is 0 Å². The normalized spacial score (nSPS) is 34.4. The molecule has 0 saturated carbocycles. The predicted molar refractivity (Wildman–Crippen MR) is 79.9 cm³/mol. The highest BCUT2D eigenvalue weighted by Gasteiger charge is 2.42. The zero-order valence-corrected chi connectivity index (χ0v) is 13.0. The third-order valence-electron chi connectivity index (χ3n) is 3.63. The zero-order chi connectivity index (χ0) is 15.0. The van der Waals surface area contributed by atoms with Crippen LogP contribution >= 0.6 is 12.6 Å². The van der Waals surface area contributed by atoms with E-state index in [2.05, 4.69) is 19.6 Å². The lowest BCUT2D eigenvalue weighted by Crippen LogP contribution is -2.57. The monoisotopic (exact) mass is 308 g/mol. The Morgan fingerprint density at radius 2 is 1.70 bits per heavy atom. The zero-order valence-electron chi connectivity index (χ0n) is 12.1. The van der Waals surface area contributed by atoms with E-state index in [1.54, 1.807) is 0 Å². The molecule has 1 aliphatic rings. The summed E-state index contributed by atoms with van der Waals surface area (Å²) in [5.41, 5.74) is 0. The first-order valence-electron chi connectivity index (χ1n) is 7.54. The Morgan fingerprint density at radius 1 is 1.05 bits per heavy atom. The molecular weight excluding hydrogens is 280 g/mol. The van der Waals surface area contributed by atoms with Crippen molar-refractivity contribution in [2.24, 2.45) is 0 Å². The number of aliphatic hydroxyl groups is 3. The number of thiol groups is 1. The van der Waals surface area contributed by atoms with Crippen LogP contribution in [0.4, 0.5) is 0 Å². The van der Waals surface area contributed by atoms with Gasteiger partial charge in [0, 0.05) is 6.61 Å². The average Bonchev–Trinajstić information content (AvgIpc) is 2.46. The van der Waals surface area contributed by atoms with Gasteiger partial charge in [0.1, 0.15) is 12.2 Å². The SMILES string of the molecule is CCCCCCCCOC1O[C@H](CO)[C@@H](O)[C@H](O)[C@H]1S. The third-order valence-corrected chi connectivity index (χ3v) is 4.18. The van der Waals surface area contributed by atoms with Crippen LogP contribution in [0.3, 0.4) is 0 Å². The minimum Gasteiger partial charge on any atom is -0.394 e. The predicted octanol–water partition coefficient (Wildman–Crippen LogP) is 1.10. The van der Waals surface area contributed by atoms with Gasteiger partial charge in [-0.05, 0) is 6.42 Å².